The first-order valence-electron chi connectivity index (χ1n) is 3.87. The molecule has 1 aromatic heterocycles. The maximum atomic E-state index is 7.36. The van der Waals surface area contributed by atoms with Crippen molar-refractivity contribution < 1.29 is 0 Å². The van der Waals surface area contributed by atoms with Crippen LogP contribution >= 0.6 is 11.8 Å². The Balaban J connectivity index is 2.41. The lowest BCUT2D eigenvalue weighted by Crippen LogP contribution is -2.23. The fraction of sp³-hybridized carbons (Fsp3) is 0.286. The molecule has 0 spiro atoms. The Morgan fingerprint density at radius 2 is 2.43 bits per heavy atom. The van der Waals surface area contributed by atoms with Crippen LogP contribution in [-0.4, -0.2) is 20.9 Å². The first-order valence-corrected chi connectivity index (χ1v) is 4.86. The second-order valence-electron chi connectivity index (χ2n) is 2.61. The molecule has 1 heterocycles. The maximum absolute atomic E-state index is 7.36. The van der Waals surface area contributed by atoms with Gasteiger partial charge >= 0.3 is 0 Å². The quantitative estimate of drug-likeness (QED) is 0.468. The van der Waals surface area contributed by atoms with Crippen LogP contribution in [0.3, 0.4) is 0 Å². The molecule has 7 heteroatoms. The molecule has 0 aliphatic rings. The van der Waals surface area contributed by atoms with Gasteiger partial charge < -0.3 is 11.5 Å². The summed E-state index contributed by atoms with van der Waals surface area (Å²) < 4.78 is 1.71. The van der Waals surface area contributed by atoms with Gasteiger partial charge in [0.15, 0.2) is 11.1 Å². The Labute approximate surface area is 85.9 Å². The Morgan fingerprint density at radius 1 is 1.71 bits per heavy atom. The summed E-state index contributed by atoms with van der Waals surface area (Å²) in [6.07, 6.45) is 1.85. The van der Waals surface area contributed by atoms with Gasteiger partial charge in [-0.05, 0) is 6.07 Å². The van der Waals surface area contributed by atoms with Crippen LogP contribution in [-0.2, 0) is 12.8 Å². The van der Waals surface area contributed by atoms with Crippen molar-refractivity contribution in [3.8, 4) is 0 Å². The monoisotopic (exact) mass is 212 g/mol. The molecule has 0 saturated heterocycles. The van der Waals surface area contributed by atoms with Gasteiger partial charge in [0.05, 0.1) is 5.69 Å². The van der Waals surface area contributed by atoms with Crippen LogP contribution in [0.2, 0.25) is 0 Å². The molecule has 0 aliphatic carbocycles. The van der Waals surface area contributed by atoms with E-state index in [0.29, 0.717) is 5.75 Å². The highest BCUT2D eigenvalue weighted by Gasteiger charge is 2.00. The van der Waals surface area contributed by atoms with Gasteiger partial charge in [-0.2, -0.15) is 10.1 Å². The highest BCUT2D eigenvalue weighted by molar-refractivity contribution is 8.13. The number of rotatable bonds is 2. The standard InChI is InChI=1S/C7H12N6S/c1-13-3-2-5(12-13)4-14-7(10)11-6(8)9/h2-3H,4H2,1H3,(H5,8,9,10,11). The number of guanidine groups is 1. The van der Waals surface area contributed by atoms with Crippen molar-refractivity contribution in [1.29, 1.82) is 5.41 Å². The molecular formula is C7H12N6S. The number of nitrogens with zero attached hydrogens (tertiary/aromatic N) is 3. The van der Waals surface area contributed by atoms with Crippen LogP contribution in [0.25, 0.3) is 0 Å². The van der Waals surface area contributed by atoms with Gasteiger partial charge in [0, 0.05) is 19.0 Å². The number of nitrogens with two attached hydrogens (primary N) is 2. The molecule has 0 radical (unpaired) electrons. The van der Waals surface area contributed by atoms with Crippen molar-refractivity contribution in [3.63, 3.8) is 0 Å². The molecule has 0 aromatic carbocycles. The summed E-state index contributed by atoms with van der Waals surface area (Å²) in [7, 11) is 1.84. The van der Waals surface area contributed by atoms with Gasteiger partial charge in [-0.25, -0.2) is 0 Å². The fourth-order valence-corrected chi connectivity index (χ4v) is 1.44. The van der Waals surface area contributed by atoms with Crippen LogP contribution in [0.15, 0.2) is 17.3 Å². The van der Waals surface area contributed by atoms with E-state index in [1.165, 1.54) is 11.8 Å². The summed E-state index contributed by atoms with van der Waals surface area (Å²) >= 11 is 1.23. The second kappa shape index (κ2) is 4.66. The van der Waals surface area contributed by atoms with E-state index in [1.54, 1.807) is 4.68 Å². The third kappa shape index (κ3) is 3.48. The van der Waals surface area contributed by atoms with Crippen molar-refractivity contribution >= 4 is 22.9 Å². The van der Waals surface area contributed by atoms with E-state index in [9.17, 15) is 0 Å². The molecule has 0 atom stereocenters. The van der Waals surface area contributed by atoms with Crippen molar-refractivity contribution in [2.75, 3.05) is 0 Å². The van der Waals surface area contributed by atoms with Gasteiger partial charge in [0.1, 0.15) is 0 Å². The zero-order valence-corrected chi connectivity index (χ0v) is 8.58. The number of aliphatic imine (C=N–C) groups is 1. The molecule has 0 bridgehead atoms. The summed E-state index contributed by atoms with van der Waals surface area (Å²) in [6, 6.07) is 1.88. The molecule has 76 valence electrons. The lowest BCUT2D eigenvalue weighted by molar-refractivity contribution is 0.755. The topological polar surface area (TPSA) is 106 Å². The third-order valence-corrected chi connectivity index (χ3v) is 2.16. The third-order valence-electron chi connectivity index (χ3n) is 1.36. The lowest BCUT2D eigenvalue weighted by atomic mass is 10.5. The maximum Gasteiger partial charge on any atom is 0.193 e. The molecule has 0 unspecified atom stereocenters. The molecule has 0 saturated carbocycles. The number of thioether (sulfide) groups is 1. The van der Waals surface area contributed by atoms with Crippen LogP contribution in [0.5, 0.6) is 0 Å². The van der Waals surface area contributed by atoms with Crippen molar-refractivity contribution in [3.05, 3.63) is 18.0 Å². The molecule has 0 aliphatic heterocycles. The Bertz CT molecular complexity index is 351. The molecule has 0 amide bonds. The Morgan fingerprint density at radius 3 is 2.93 bits per heavy atom. The predicted molar refractivity (Wildman–Crippen MR) is 58.0 cm³/mol. The van der Waals surface area contributed by atoms with E-state index in [0.717, 1.165) is 5.69 Å². The second-order valence-corrected chi connectivity index (χ2v) is 3.58. The van der Waals surface area contributed by atoms with E-state index in [-0.39, 0.29) is 11.1 Å². The van der Waals surface area contributed by atoms with Gasteiger partial charge in [-0.3, -0.25) is 10.1 Å². The van der Waals surface area contributed by atoms with Crippen LogP contribution in [0.4, 0.5) is 0 Å². The molecular weight excluding hydrogens is 200 g/mol. The van der Waals surface area contributed by atoms with Crippen LogP contribution in [0, 0.1) is 5.41 Å². The highest BCUT2D eigenvalue weighted by Crippen LogP contribution is 2.11. The Hall–Kier alpha value is -1.50. The van der Waals surface area contributed by atoms with Crippen molar-refractivity contribution in [1.82, 2.24) is 9.78 Å². The van der Waals surface area contributed by atoms with Crippen molar-refractivity contribution in [2.24, 2.45) is 23.5 Å². The van der Waals surface area contributed by atoms with Gasteiger partial charge in [-0.1, -0.05) is 11.8 Å². The minimum Gasteiger partial charge on any atom is -0.370 e. The van der Waals surface area contributed by atoms with E-state index in [1.807, 2.05) is 19.3 Å². The highest BCUT2D eigenvalue weighted by atomic mass is 32.2. The summed E-state index contributed by atoms with van der Waals surface area (Å²) in [5.41, 5.74) is 11.1. The van der Waals surface area contributed by atoms with Gasteiger partial charge in [0.2, 0.25) is 0 Å². The number of amidine groups is 1. The molecule has 5 N–H and O–H groups in total. The van der Waals surface area contributed by atoms with Crippen LogP contribution < -0.4 is 11.5 Å². The molecule has 1 rings (SSSR count). The largest absolute Gasteiger partial charge is 0.370 e. The molecule has 1 aromatic rings. The SMILES string of the molecule is Cn1ccc(CSC(=N)N=C(N)N)n1. The number of aromatic nitrogens is 2. The van der Waals surface area contributed by atoms with E-state index in [2.05, 4.69) is 10.1 Å². The first-order chi connectivity index (χ1) is 6.58. The summed E-state index contributed by atoms with van der Waals surface area (Å²) in [4.78, 5) is 3.58. The predicted octanol–water partition coefficient (Wildman–Crippen LogP) is -0.139. The minimum atomic E-state index is -0.0940. The number of nitrogens with one attached hydrogen (secondary N) is 1. The molecule has 0 fully saturated rings. The number of hydrogen-bond acceptors (Lipinski definition) is 3. The van der Waals surface area contributed by atoms with Gasteiger partial charge in [0.25, 0.3) is 0 Å². The number of aryl methyl sites for hydroxylation is 1. The first kappa shape index (κ1) is 10.6. The zero-order valence-electron chi connectivity index (χ0n) is 7.77. The summed E-state index contributed by atoms with van der Waals surface area (Å²) in [6.45, 7) is 0. The average molecular weight is 212 g/mol. The number of hydrogen-bond donors (Lipinski definition) is 3. The minimum absolute atomic E-state index is 0.0932. The molecule has 14 heavy (non-hydrogen) atoms. The fourth-order valence-electron chi connectivity index (χ4n) is 0.832. The summed E-state index contributed by atoms with van der Waals surface area (Å²) in [5, 5.41) is 11.6. The van der Waals surface area contributed by atoms with E-state index < -0.39 is 0 Å². The van der Waals surface area contributed by atoms with E-state index in [4.69, 9.17) is 16.9 Å². The smallest absolute Gasteiger partial charge is 0.193 e. The zero-order chi connectivity index (χ0) is 10.6. The molecule has 6 nitrogen and oxygen atoms in total. The van der Waals surface area contributed by atoms with Crippen LogP contribution in [0.1, 0.15) is 5.69 Å². The van der Waals surface area contributed by atoms with E-state index >= 15 is 0 Å². The normalized spacial score (nSPS) is 9.79. The van der Waals surface area contributed by atoms with Gasteiger partial charge in [-0.15, -0.1) is 0 Å². The Kier molecular flexibility index (Phi) is 3.52. The van der Waals surface area contributed by atoms with Crippen molar-refractivity contribution in [2.45, 2.75) is 5.75 Å². The lowest BCUT2D eigenvalue weighted by Gasteiger charge is -1.96. The average Bonchev–Trinajstić information content (AvgIpc) is 2.47. The summed E-state index contributed by atoms with van der Waals surface area (Å²) in [5.74, 6) is 0.500.